The molecule has 0 spiro atoms. The summed E-state index contributed by atoms with van der Waals surface area (Å²) in [6.07, 6.45) is 1.17. The van der Waals surface area contributed by atoms with Crippen LogP contribution in [0.1, 0.15) is 12.5 Å². The summed E-state index contributed by atoms with van der Waals surface area (Å²) in [4.78, 5) is -0.678. The van der Waals surface area contributed by atoms with E-state index < -0.39 is 20.6 Å². The van der Waals surface area contributed by atoms with Crippen LogP contribution in [0.25, 0.3) is 6.08 Å². The van der Waals surface area contributed by atoms with Crippen molar-refractivity contribution in [2.24, 2.45) is 0 Å². The number of aromatic hydroxyl groups is 1. The van der Waals surface area contributed by atoms with Crippen LogP contribution in [0.15, 0.2) is 52.3 Å². The number of ether oxygens (including phenoxy) is 1. The van der Waals surface area contributed by atoms with Gasteiger partial charge in [0.15, 0.2) is 11.5 Å². The first-order chi connectivity index (χ1) is 11.4. The number of hydrogen-bond acceptors (Lipinski definition) is 5. The molecule has 5 nitrogen and oxygen atoms in total. The molecule has 0 saturated heterocycles. The number of rotatable bonds is 5. The third kappa shape index (κ3) is 3.73. The van der Waals surface area contributed by atoms with E-state index in [-0.39, 0.29) is 16.4 Å². The summed E-state index contributed by atoms with van der Waals surface area (Å²) < 4.78 is 43.1. The van der Waals surface area contributed by atoms with Crippen molar-refractivity contribution in [3.8, 4) is 17.6 Å². The van der Waals surface area contributed by atoms with Gasteiger partial charge in [-0.1, -0.05) is 6.07 Å². The molecule has 2 aromatic rings. The lowest BCUT2D eigenvalue weighted by Crippen LogP contribution is -2.03. The van der Waals surface area contributed by atoms with Crippen molar-refractivity contribution in [3.63, 3.8) is 0 Å². The fourth-order valence-electron chi connectivity index (χ4n) is 1.95. The summed E-state index contributed by atoms with van der Waals surface area (Å²) in [5.74, 6) is -0.479. The van der Waals surface area contributed by atoms with E-state index in [9.17, 15) is 23.2 Å². The molecule has 7 heteroatoms. The molecular formula is C17H14FNO4S. The molecule has 1 N–H and O–H groups in total. The Labute approximate surface area is 139 Å². The molecule has 2 rings (SSSR count). The summed E-state index contributed by atoms with van der Waals surface area (Å²) in [5.41, 5.74) is 0.374. The SMILES string of the molecule is CCOc1cc(/C=C(\C#N)S(=O)(=O)c2ccc(F)cc2)ccc1O. The van der Waals surface area contributed by atoms with E-state index in [1.165, 1.54) is 24.3 Å². The lowest BCUT2D eigenvalue weighted by atomic mass is 10.2. The molecule has 0 amide bonds. The van der Waals surface area contributed by atoms with Crippen molar-refractivity contribution >= 4 is 15.9 Å². The topological polar surface area (TPSA) is 87.4 Å². The molecule has 124 valence electrons. The van der Waals surface area contributed by atoms with Gasteiger partial charge in [0.05, 0.1) is 11.5 Å². The number of allylic oxidation sites excluding steroid dienone is 1. The number of halogens is 1. The number of phenolic OH excluding ortho intramolecular Hbond substituents is 1. The maximum atomic E-state index is 12.9. The zero-order chi connectivity index (χ0) is 17.7. The average Bonchev–Trinajstić information content (AvgIpc) is 2.56. The molecule has 0 saturated carbocycles. The van der Waals surface area contributed by atoms with E-state index in [2.05, 4.69) is 0 Å². The molecule has 0 fully saturated rings. The summed E-state index contributed by atoms with van der Waals surface area (Å²) in [5, 5.41) is 18.9. The lowest BCUT2D eigenvalue weighted by Gasteiger charge is -2.07. The average molecular weight is 347 g/mol. The second kappa shape index (κ2) is 7.15. The summed E-state index contributed by atoms with van der Waals surface area (Å²) in [6, 6.07) is 10.1. The smallest absolute Gasteiger partial charge is 0.216 e. The van der Waals surface area contributed by atoms with Crippen molar-refractivity contribution in [3.05, 3.63) is 58.8 Å². The van der Waals surface area contributed by atoms with Crippen LogP contribution in [0, 0.1) is 17.1 Å². The highest BCUT2D eigenvalue weighted by Crippen LogP contribution is 2.29. The van der Waals surface area contributed by atoms with Crippen molar-refractivity contribution < 1.29 is 22.7 Å². The van der Waals surface area contributed by atoms with Gasteiger partial charge in [0.2, 0.25) is 9.84 Å². The molecule has 0 bridgehead atoms. The van der Waals surface area contributed by atoms with Gasteiger partial charge in [-0.05, 0) is 55.0 Å². The highest BCUT2D eigenvalue weighted by Gasteiger charge is 2.21. The number of nitriles is 1. The first kappa shape index (κ1) is 17.5. The number of nitrogens with zero attached hydrogens (tertiary/aromatic N) is 1. The highest BCUT2D eigenvalue weighted by atomic mass is 32.2. The lowest BCUT2D eigenvalue weighted by molar-refractivity contribution is 0.318. The van der Waals surface area contributed by atoms with Crippen molar-refractivity contribution in [2.75, 3.05) is 6.61 Å². The Morgan fingerprint density at radius 2 is 1.96 bits per heavy atom. The number of sulfone groups is 1. The van der Waals surface area contributed by atoms with Gasteiger partial charge in [0.25, 0.3) is 0 Å². The monoisotopic (exact) mass is 347 g/mol. The molecule has 2 aromatic carbocycles. The van der Waals surface area contributed by atoms with Crippen LogP contribution in [-0.4, -0.2) is 20.1 Å². The number of phenols is 1. The minimum absolute atomic E-state index is 0.0890. The van der Waals surface area contributed by atoms with E-state index in [1.807, 2.05) is 0 Å². The fourth-order valence-corrected chi connectivity index (χ4v) is 3.11. The maximum absolute atomic E-state index is 12.9. The van der Waals surface area contributed by atoms with Crippen molar-refractivity contribution in [1.82, 2.24) is 0 Å². The summed E-state index contributed by atoms with van der Waals surface area (Å²) >= 11 is 0. The Morgan fingerprint density at radius 3 is 2.54 bits per heavy atom. The van der Waals surface area contributed by atoms with E-state index in [0.29, 0.717) is 12.2 Å². The Balaban J connectivity index is 2.48. The molecule has 0 aliphatic rings. The van der Waals surface area contributed by atoms with Gasteiger partial charge in [-0.2, -0.15) is 5.26 Å². The van der Waals surface area contributed by atoms with E-state index in [0.717, 1.165) is 24.3 Å². The normalized spacial score (nSPS) is 11.8. The predicted octanol–water partition coefficient (Wildman–Crippen LogP) is 3.27. The molecular weight excluding hydrogens is 333 g/mol. The quantitative estimate of drug-likeness (QED) is 0.662. The van der Waals surface area contributed by atoms with Crippen molar-refractivity contribution in [2.45, 2.75) is 11.8 Å². The van der Waals surface area contributed by atoms with Gasteiger partial charge in [-0.15, -0.1) is 0 Å². The van der Waals surface area contributed by atoms with Crippen molar-refractivity contribution in [1.29, 1.82) is 5.26 Å². The standard InChI is InChI=1S/C17H14FNO4S/c1-2-23-17-10-12(3-8-16(17)20)9-15(11-19)24(21,22)14-6-4-13(18)5-7-14/h3-10,20H,2H2,1H3/b15-9+. The minimum Gasteiger partial charge on any atom is -0.504 e. The van der Waals surface area contributed by atoms with E-state index in [1.54, 1.807) is 13.0 Å². The van der Waals surface area contributed by atoms with Crippen LogP contribution in [0.2, 0.25) is 0 Å². The largest absolute Gasteiger partial charge is 0.504 e. The van der Waals surface area contributed by atoms with Gasteiger partial charge in [-0.3, -0.25) is 0 Å². The van der Waals surface area contributed by atoms with Crippen LogP contribution in [0.4, 0.5) is 4.39 Å². The van der Waals surface area contributed by atoms with Crippen LogP contribution in [0.3, 0.4) is 0 Å². The Morgan fingerprint density at radius 1 is 1.29 bits per heavy atom. The van der Waals surface area contributed by atoms with Gasteiger partial charge in [-0.25, -0.2) is 12.8 Å². The molecule has 0 atom stereocenters. The van der Waals surface area contributed by atoms with Crippen LogP contribution < -0.4 is 4.74 Å². The second-order valence-electron chi connectivity index (χ2n) is 4.74. The third-order valence-corrected chi connectivity index (χ3v) is 4.79. The molecule has 24 heavy (non-hydrogen) atoms. The summed E-state index contributed by atoms with van der Waals surface area (Å²) in [7, 11) is -4.07. The Bertz CT molecular complexity index is 913. The van der Waals surface area contributed by atoms with Crippen LogP contribution in [0.5, 0.6) is 11.5 Å². The minimum atomic E-state index is -4.07. The number of hydrogen-bond donors (Lipinski definition) is 1. The molecule has 0 aromatic heterocycles. The molecule has 0 heterocycles. The number of benzene rings is 2. The summed E-state index contributed by atoms with van der Waals surface area (Å²) in [6.45, 7) is 2.06. The first-order valence-electron chi connectivity index (χ1n) is 6.96. The van der Waals surface area contributed by atoms with Crippen LogP contribution in [-0.2, 0) is 9.84 Å². The maximum Gasteiger partial charge on any atom is 0.216 e. The second-order valence-corrected chi connectivity index (χ2v) is 6.66. The molecule has 0 aliphatic carbocycles. The zero-order valence-electron chi connectivity index (χ0n) is 12.7. The Hall–Kier alpha value is -2.85. The van der Waals surface area contributed by atoms with Gasteiger partial charge < -0.3 is 9.84 Å². The van der Waals surface area contributed by atoms with E-state index in [4.69, 9.17) is 4.74 Å². The molecule has 0 unspecified atom stereocenters. The van der Waals surface area contributed by atoms with Gasteiger partial charge in [0.1, 0.15) is 16.8 Å². The first-order valence-corrected chi connectivity index (χ1v) is 8.45. The fraction of sp³-hybridized carbons (Fsp3) is 0.118. The van der Waals surface area contributed by atoms with Gasteiger partial charge >= 0.3 is 0 Å². The van der Waals surface area contributed by atoms with E-state index >= 15 is 0 Å². The predicted molar refractivity (Wildman–Crippen MR) is 86.5 cm³/mol. The van der Waals surface area contributed by atoms with Gasteiger partial charge in [0, 0.05) is 0 Å². The third-order valence-electron chi connectivity index (χ3n) is 3.11. The van der Waals surface area contributed by atoms with Crippen LogP contribution >= 0.6 is 0 Å². The Kier molecular flexibility index (Phi) is 5.21. The molecule has 0 aliphatic heterocycles. The molecule has 0 radical (unpaired) electrons. The highest BCUT2D eigenvalue weighted by molar-refractivity contribution is 7.95. The zero-order valence-corrected chi connectivity index (χ0v) is 13.5.